The molecule has 1 aliphatic rings. The minimum absolute atomic E-state index is 0.0100. The lowest BCUT2D eigenvalue weighted by Crippen LogP contribution is -2.35. The second kappa shape index (κ2) is 5.38. The van der Waals surface area contributed by atoms with E-state index in [4.69, 9.17) is 4.74 Å². The Kier molecular flexibility index (Phi) is 3.87. The van der Waals surface area contributed by atoms with Gasteiger partial charge in [-0.25, -0.2) is 4.98 Å². The monoisotopic (exact) mass is 241 g/mol. The molecule has 0 aliphatic carbocycles. The molecule has 2 heterocycles. The third kappa shape index (κ3) is 2.78. The number of aromatic nitrogens is 1. The van der Waals surface area contributed by atoms with Crippen LogP contribution in [0.4, 0.5) is 5.13 Å². The van der Waals surface area contributed by atoms with E-state index in [1.807, 2.05) is 5.38 Å². The summed E-state index contributed by atoms with van der Waals surface area (Å²) in [5.41, 5.74) is 0.849. The lowest BCUT2D eigenvalue weighted by atomic mass is 10.2. The Morgan fingerprint density at radius 3 is 3.38 bits per heavy atom. The minimum Gasteiger partial charge on any atom is -0.378 e. The molecule has 0 bridgehead atoms. The molecule has 6 heteroatoms. The molecule has 1 fully saturated rings. The van der Waals surface area contributed by atoms with E-state index in [0.29, 0.717) is 11.7 Å². The number of amides is 1. The number of methoxy groups -OCH3 is 1. The highest BCUT2D eigenvalue weighted by Gasteiger charge is 2.22. The van der Waals surface area contributed by atoms with Gasteiger partial charge in [-0.3, -0.25) is 4.79 Å². The van der Waals surface area contributed by atoms with Gasteiger partial charge in [0, 0.05) is 12.5 Å². The lowest BCUT2D eigenvalue weighted by Gasteiger charge is -2.08. The van der Waals surface area contributed by atoms with Crippen molar-refractivity contribution in [2.75, 3.05) is 19.0 Å². The van der Waals surface area contributed by atoms with Gasteiger partial charge in [-0.1, -0.05) is 0 Å². The molecule has 88 valence electrons. The number of hydrogen-bond acceptors (Lipinski definition) is 5. The number of hydrogen-bond donors (Lipinski definition) is 2. The van der Waals surface area contributed by atoms with Crippen LogP contribution >= 0.6 is 11.3 Å². The van der Waals surface area contributed by atoms with Gasteiger partial charge in [0.25, 0.3) is 0 Å². The van der Waals surface area contributed by atoms with E-state index in [2.05, 4.69) is 15.6 Å². The molecule has 2 N–H and O–H groups in total. The number of nitrogens with one attached hydrogen (secondary N) is 2. The molecule has 1 aromatic heterocycles. The van der Waals surface area contributed by atoms with E-state index in [1.54, 1.807) is 7.11 Å². The highest BCUT2D eigenvalue weighted by atomic mass is 32.1. The molecule has 0 radical (unpaired) electrons. The van der Waals surface area contributed by atoms with Crippen LogP contribution in [0, 0.1) is 0 Å². The molecule has 16 heavy (non-hydrogen) atoms. The zero-order valence-electron chi connectivity index (χ0n) is 9.16. The minimum atomic E-state index is -0.0604. The van der Waals surface area contributed by atoms with Gasteiger partial charge < -0.3 is 15.4 Å². The molecule has 1 aliphatic heterocycles. The van der Waals surface area contributed by atoms with Crippen LogP contribution in [0.5, 0.6) is 0 Å². The van der Waals surface area contributed by atoms with Crippen LogP contribution in [0.2, 0.25) is 0 Å². The topological polar surface area (TPSA) is 63.2 Å². The van der Waals surface area contributed by atoms with Gasteiger partial charge in [0.15, 0.2) is 5.13 Å². The average Bonchev–Trinajstić information content (AvgIpc) is 2.89. The van der Waals surface area contributed by atoms with Crippen molar-refractivity contribution in [3.63, 3.8) is 0 Å². The summed E-state index contributed by atoms with van der Waals surface area (Å²) < 4.78 is 4.97. The number of thiazole rings is 1. The number of carbonyl (C=O) groups is 1. The summed E-state index contributed by atoms with van der Waals surface area (Å²) in [5.74, 6) is 0.0100. The van der Waals surface area contributed by atoms with E-state index in [9.17, 15) is 4.79 Å². The zero-order valence-corrected chi connectivity index (χ0v) is 9.97. The summed E-state index contributed by atoms with van der Waals surface area (Å²) in [6.07, 6.45) is 1.97. The predicted octanol–water partition coefficient (Wildman–Crippen LogP) is 0.980. The first kappa shape index (κ1) is 11.5. The lowest BCUT2D eigenvalue weighted by molar-refractivity contribution is -0.117. The highest BCUT2D eigenvalue weighted by molar-refractivity contribution is 7.13. The molecule has 1 saturated heterocycles. The maximum absolute atomic E-state index is 11.7. The summed E-state index contributed by atoms with van der Waals surface area (Å²) in [7, 11) is 1.63. The molecule has 1 unspecified atom stereocenters. The zero-order chi connectivity index (χ0) is 11.4. The quantitative estimate of drug-likeness (QED) is 0.825. The van der Waals surface area contributed by atoms with Crippen LogP contribution in [0.25, 0.3) is 0 Å². The van der Waals surface area contributed by atoms with Crippen molar-refractivity contribution in [3.8, 4) is 0 Å². The third-order valence-electron chi connectivity index (χ3n) is 2.45. The van der Waals surface area contributed by atoms with Crippen LogP contribution in [0.15, 0.2) is 5.38 Å². The fourth-order valence-corrected chi connectivity index (χ4v) is 2.38. The fraction of sp³-hybridized carbons (Fsp3) is 0.600. The van der Waals surface area contributed by atoms with Crippen LogP contribution in [-0.4, -0.2) is 30.6 Å². The Labute approximate surface area is 98.2 Å². The molecule has 1 atom stereocenters. The van der Waals surface area contributed by atoms with Crippen molar-refractivity contribution in [1.29, 1.82) is 0 Å². The van der Waals surface area contributed by atoms with Gasteiger partial charge in [-0.2, -0.15) is 0 Å². The largest absolute Gasteiger partial charge is 0.378 e. The Bertz CT molecular complexity index is 361. The number of rotatable bonds is 4. The summed E-state index contributed by atoms with van der Waals surface area (Å²) in [6.45, 7) is 1.40. The van der Waals surface area contributed by atoms with Crippen LogP contribution in [-0.2, 0) is 16.1 Å². The van der Waals surface area contributed by atoms with Gasteiger partial charge in [0.2, 0.25) is 5.91 Å². The van der Waals surface area contributed by atoms with Gasteiger partial charge in [-0.15, -0.1) is 11.3 Å². The van der Waals surface area contributed by atoms with Crippen LogP contribution < -0.4 is 10.6 Å². The van der Waals surface area contributed by atoms with Crippen molar-refractivity contribution in [3.05, 3.63) is 11.1 Å². The molecule has 0 saturated carbocycles. The molecule has 0 spiro atoms. The van der Waals surface area contributed by atoms with Gasteiger partial charge in [0.1, 0.15) is 0 Å². The van der Waals surface area contributed by atoms with E-state index < -0.39 is 0 Å². The Morgan fingerprint density at radius 2 is 2.69 bits per heavy atom. The first-order chi connectivity index (χ1) is 7.79. The molecule has 1 amide bonds. The van der Waals surface area contributed by atoms with Crippen molar-refractivity contribution in [2.24, 2.45) is 0 Å². The van der Waals surface area contributed by atoms with Crippen LogP contribution in [0.1, 0.15) is 18.5 Å². The summed E-state index contributed by atoms with van der Waals surface area (Å²) >= 11 is 1.43. The van der Waals surface area contributed by atoms with Gasteiger partial charge in [0.05, 0.1) is 18.3 Å². The van der Waals surface area contributed by atoms with Crippen molar-refractivity contribution in [1.82, 2.24) is 10.3 Å². The molecular formula is C10H15N3O2S. The first-order valence-electron chi connectivity index (χ1n) is 5.27. The second-order valence-electron chi connectivity index (χ2n) is 3.72. The molecule has 1 aromatic rings. The second-order valence-corrected chi connectivity index (χ2v) is 4.57. The number of nitrogens with zero attached hydrogens (tertiary/aromatic N) is 1. The maximum atomic E-state index is 11.7. The van der Waals surface area contributed by atoms with E-state index in [0.717, 1.165) is 25.1 Å². The smallest absolute Gasteiger partial charge is 0.243 e. The van der Waals surface area contributed by atoms with E-state index >= 15 is 0 Å². The van der Waals surface area contributed by atoms with Crippen molar-refractivity contribution in [2.45, 2.75) is 25.5 Å². The maximum Gasteiger partial charge on any atom is 0.243 e. The summed E-state index contributed by atoms with van der Waals surface area (Å²) in [5, 5.41) is 8.50. The molecule has 2 rings (SSSR count). The van der Waals surface area contributed by atoms with E-state index in [1.165, 1.54) is 11.3 Å². The Morgan fingerprint density at radius 1 is 1.81 bits per heavy atom. The molecule has 5 nitrogen and oxygen atoms in total. The van der Waals surface area contributed by atoms with Gasteiger partial charge >= 0.3 is 0 Å². The van der Waals surface area contributed by atoms with Crippen molar-refractivity contribution < 1.29 is 9.53 Å². The van der Waals surface area contributed by atoms with E-state index in [-0.39, 0.29) is 11.9 Å². The molecule has 0 aromatic carbocycles. The SMILES string of the molecule is COCc1csc(NC(=O)C2CCCN2)n1. The summed E-state index contributed by atoms with van der Waals surface area (Å²) in [4.78, 5) is 16.0. The normalized spacial score (nSPS) is 19.9. The first-order valence-corrected chi connectivity index (χ1v) is 6.15. The third-order valence-corrected chi connectivity index (χ3v) is 3.26. The fourth-order valence-electron chi connectivity index (χ4n) is 1.68. The number of anilines is 1. The average molecular weight is 241 g/mol. The Balaban J connectivity index is 1.89. The van der Waals surface area contributed by atoms with Crippen molar-refractivity contribution >= 4 is 22.4 Å². The number of ether oxygens (including phenoxy) is 1. The number of carbonyl (C=O) groups excluding carboxylic acids is 1. The van der Waals surface area contributed by atoms with Crippen LogP contribution in [0.3, 0.4) is 0 Å². The Hall–Kier alpha value is -0.980. The molecular weight excluding hydrogens is 226 g/mol. The predicted molar refractivity (Wildman–Crippen MR) is 62.5 cm³/mol. The van der Waals surface area contributed by atoms with Gasteiger partial charge in [-0.05, 0) is 19.4 Å². The highest BCUT2D eigenvalue weighted by Crippen LogP contribution is 2.17. The summed E-state index contributed by atoms with van der Waals surface area (Å²) in [6, 6.07) is -0.0604. The standard InChI is InChI=1S/C10H15N3O2S/c1-15-5-7-6-16-10(12-7)13-9(14)8-3-2-4-11-8/h6,8,11H,2-5H2,1H3,(H,12,13,14).